The minimum Gasteiger partial charge on any atom is -0.328 e. The Morgan fingerprint density at radius 1 is 0.295 bits per heavy atom. The number of nitrogens with one attached hydrogen (secondary N) is 1. The van der Waals surface area contributed by atoms with Crippen molar-refractivity contribution in [3.63, 3.8) is 0 Å². The van der Waals surface area contributed by atoms with Gasteiger partial charge in [0.15, 0.2) is 0 Å². The van der Waals surface area contributed by atoms with Gasteiger partial charge in [-0.25, -0.2) is 0 Å². The number of rotatable bonds is 36. The van der Waals surface area contributed by atoms with Crippen LogP contribution in [0.2, 0.25) is 0 Å². The van der Waals surface area contributed by atoms with Crippen molar-refractivity contribution < 1.29 is 13.9 Å². The molecule has 0 aromatic carbocycles. The smallest absolute Gasteiger partial charge is 0.128 e. The highest BCUT2D eigenvalue weighted by Crippen LogP contribution is 2.15. The van der Waals surface area contributed by atoms with Crippen LogP contribution in [0.5, 0.6) is 0 Å². The van der Waals surface area contributed by atoms with E-state index in [4.69, 9.17) is 0 Å². The van der Waals surface area contributed by atoms with Crippen LogP contribution in [0.15, 0.2) is 0 Å². The van der Waals surface area contributed by atoms with Crippen molar-refractivity contribution in [2.45, 2.75) is 194 Å². The van der Waals surface area contributed by atoms with Gasteiger partial charge in [0.05, 0.1) is 48.3 Å². The van der Waals surface area contributed by atoms with Crippen molar-refractivity contribution in [2.75, 3.05) is 74.5 Å². The number of hydrogen-bond acceptors (Lipinski definition) is 0. The van der Waals surface area contributed by atoms with Gasteiger partial charge in [-0.15, -0.1) is 0 Å². The van der Waals surface area contributed by atoms with Gasteiger partial charge >= 0.3 is 0 Å². The molecule has 0 saturated carbocycles. The third-order valence-corrected chi connectivity index (χ3v) is 10.5. The topological polar surface area (TPSA) is 4.44 Å². The lowest BCUT2D eigenvalue weighted by Crippen LogP contribution is -3.10. The molecule has 0 heterocycles. The molecular formula is C41H90N3+3. The Hall–Kier alpha value is -0.120. The fourth-order valence-electron chi connectivity index (χ4n) is 6.80. The zero-order valence-electron chi connectivity index (χ0n) is 32.4. The Balaban J connectivity index is 3.62. The van der Waals surface area contributed by atoms with E-state index in [2.05, 4.69) is 49.1 Å². The molecule has 0 bridgehead atoms. The summed E-state index contributed by atoms with van der Waals surface area (Å²) in [6.45, 7) is 12.6. The van der Waals surface area contributed by atoms with Crippen LogP contribution in [0.1, 0.15) is 194 Å². The van der Waals surface area contributed by atoms with E-state index in [0.29, 0.717) is 0 Å². The summed E-state index contributed by atoms with van der Waals surface area (Å²) in [6, 6.07) is 0. The predicted molar refractivity (Wildman–Crippen MR) is 201 cm³/mol. The fraction of sp³-hybridized carbons (Fsp3) is 1.00. The Kier molecular flexibility index (Phi) is 31.4. The summed E-state index contributed by atoms with van der Waals surface area (Å²) < 4.78 is 2.40. The van der Waals surface area contributed by atoms with Gasteiger partial charge in [-0.2, -0.15) is 0 Å². The predicted octanol–water partition coefficient (Wildman–Crippen LogP) is 10.6. The summed E-state index contributed by atoms with van der Waals surface area (Å²) in [5.41, 5.74) is 0. The Morgan fingerprint density at radius 2 is 0.500 bits per heavy atom. The fourth-order valence-corrected chi connectivity index (χ4v) is 6.80. The Labute approximate surface area is 281 Å². The van der Waals surface area contributed by atoms with E-state index in [0.717, 1.165) is 0 Å². The lowest BCUT2D eigenvalue weighted by atomic mass is 10.0. The molecule has 0 spiro atoms. The van der Waals surface area contributed by atoms with Crippen LogP contribution >= 0.6 is 0 Å². The average Bonchev–Trinajstić information content (AvgIpc) is 2.99. The van der Waals surface area contributed by atoms with Crippen molar-refractivity contribution in [3.05, 3.63) is 0 Å². The molecule has 0 aliphatic heterocycles. The molecule has 0 radical (unpaired) electrons. The first-order valence-electron chi connectivity index (χ1n) is 20.7. The largest absolute Gasteiger partial charge is 0.328 e. The molecule has 44 heavy (non-hydrogen) atoms. The third kappa shape index (κ3) is 33.2. The third-order valence-electron chi connectivity index (χ3n) is 10.5. The zero-order chi connectivity index (χ0) is 32.6. The Morgan fingerprint density at radius 3 is 0.727 bits per heavy atom. The molecule has 3 heteroatoms. The average molecular weight is 625 g/mol. The maximum Gasteiger partial charge on any atom is 0.128 e. The normalized spacial score (nSPS) is 12.5. The number of likely N-dealkylation sites (N-methyl/N-ethyl adjacent to an activating group) is 3. The standard InChI is InChI=1S/C41H89N3/c1-8-10-12-14-16-18-20-22-24-26-28-30-32-34-38-43(4,5)40-36-42(3)37-41-44(6,7)39-35-33-31-29-27-25-23-21-19-17-15-13-11-9-2/h8-41H2,1-7H3/q+2/p+1. The van der Waals surface area contributed by atoms with Crippen molar-refractivity contribution in [2.24, 2.45) is 0 Å². The minimum absolute atomic E-state index is 1.20. The van der Waals surface area contributed by atoms with Crippen LogP contribution < -0.4 is 4.90 Å². The van der Waals surface area contributed by atoms with Gasteiger partial charge in [0.25, 0.3) is 0 Å². The summed E-state index contributed by atoms with van der Waals surface area (Å²) in [7, 11) is 12.3. The van der Waals surface area contributed by atoms with Gasteiger partial charge in [0, 0.05) is 0 Å². The summed E-state index contributed by atoms with van der Waals surface area (Å²) in [5.74, 6) is 0. The van der Waals surface area contributed by atoms with E-state index >= 15 is 0 Å². The van der Waals surface area contributed by atoms with Gasteiger partial charge in [0.1, 0.15) is 26.2 Å². The molecule has 0 rings (SSSR count). The zero-order valence-corrected chi connectivity index (χ0v) is 32.4. The lowest BCUT2D eigenvalue weighted by molar-refractivity contribution is -0.965. The van der Waals surface area contributed by atoms with E-state index in [9.17, 15) is 0 Å². The van der Waals surface area contributed by atoms with Gasteiger partial charge in [-0.1, -0.05) is 168 Å². The van der Waals surface area contributed by atoms with E-state index in [1.54, 1.807) is 4.90 Å². The second kappa shape index (κ2) is 31.5. The van der Waals surface area contributed by atoms with Crippen molar-refractivity contribution in [1.29, 1.82) is 0 Å². The highest BCUT2D eigenvalue weighted by atomic mass is 15.3. The van der Waals surface area contributed by atoms with Crippen LogP contribution in [0.4, 0.5) is 0 Å². The second-order valence-electron chi connectivity index (χ2n) is 16.4. The molecule has 266 valence electrons. The molecule has 0 aliphatic carbocycles. The molecular weight excluding hydrogens is 534 g/mol. The molecule has 0 aromatic rings. The van der Waals surface area contributed by atoms with Gasteiger partial charge in [-0.05, 0) is 25.7 Å². The first-order valence-corrected chi connectivity index (χ1v) is 20.7. The van der Waals surface area contributed by atoms with E-state index in [1.165, 1.54) is 228 Å². The molecule has 0 aromatic heterocycles. The van der Waals surface area contributed by atoms with E-state index in [1.807, 2.05) is 0 Å². The van der Waals surface area contributed by atoms with Crippen molar-refractivity contribution in [3.8, 4) is 0 Å². The lowest BCUT2D eigenvalue weighted by Gasteiger charge is -2.33. The molecule has 0 fully saturated rings. The molecule has 0 atom stereocenters. The number of hydrogen-bond donors (Lipinski definition) is 1. The molecule has 3 nitrogen and oxygen atoms in total. The Bertz CT molecular complexity index is 510. The minimum atomic E-state index is 1.20. The molecule has 0 saturated heterocycles. The van der Waals surface area contributed by atoms with Crippen molar-refractivity contribution >= 4 is 0 Å². The monoisotopic (exact) mass is 625 g/mol. The van der Waals surface area contributed by atoms with Gasteiger partial charge in [0.2, 0.25) is 0 Å². The van der Waals surface area contributed by atoms with Gasteiger partial charge < -0.3 is 13.9 Å². The maximum atomic E-state index is 2.46. The summed E-state index contributed by atoms with van der Waals surface area (Å²) in [6.07, 6.45) is 40.7. The van der Waals surface area contributed by atoms with E-state index in [-0.39, 0.29) is 0 Å². The molecule has 0 aliphatic rings. The molecule has 0 amide bonds. The van der Waals surface area contributed by atoms with Crippen LogP contribution in [0.25, 0.3) is 0 Å². The maximum absolute atomic E-state index is 2.46. The second-order valence-corrected chi connectivity index (χ2v) is 16.4. The summed E-state index contributed by atoms with van der Waals surface area (Å²) in [4.78, 5) is 1.73. The number of quaternary nitrogens is 3. The quantitative estimate of drug-likeness (QED) is 0.0522. The van der Waals surface area contributed by atoms with Crippen molar-refractivity contribution in [1.82, 2.24) is 0 Å². The van der Waals surface area contributed by atoms with Gasteiger partial charge in [-0.3, -0.25) is 0 Å². The van der Waals surface area contributed by atoms with Crippen LogP contribution in [0, 0.1) is 0 Å². The van der Waals surface area contributed by atoms with E-state index < -0.39 is 0 Å². The molecule has 0 unspecified atom stereocenters. The van der Waals surface area contributed by atoms with Crippen LogP contribution in [-0.2, 0) is 0 Å². The highest BCUT2D eigenvalue weighted by Gasteiger charge is 2.20. The number of unbranched alkanes of at least 4 members (excludes halogenated alkanes) is 26. The van der Waals surface area contributed by atoms with Crippen LogP contribution in [0.3, 0.4) is 0 Å². The SMILES string of the molecule is CCCCCCCCCCCCCCCC[N+](C)(C)CC[NH+](C)CC[N+](C)(C)CCCCCCCCCCCCCCCC. The first-order chi connectivity index (χ1) is 21.2. The first kappa shape index (κ1) is 43.9. The number of nitrogens with zero attached hydrogens (tertiary/aromatic N) is 2. The van der Waals surface area contributed by atoms with Crippen LogP contribution in [-0.4, -0.2) is 83.5 Å². The highest BCUT2D eigenvalue weighted by molar-refractivity contribution is 4.51. The summed E-state index contributed by atoms with van der Waals surface area (Å²) in [5, 5.41) is 0. The molecule has 1 N–H and O–H groups in total. The summed E-state index contributed by atoms with van der Waals surface area (Å²) >= 11 is 0.